The smallest absolute Gasteiger partial charge is 0.183 e. The van der Waals surface area contributed by atoms with Crippen molar-refractivity contribution in [2.45, 2.75) is 19.4 Å². The summed E-state index contributed by atoms with van der Waals surface area (Å²) in [6.45, 7) is 3.00. The second-order valence-electron chi connectivity index (χ2n) is 6.11. The zero-order valence-corrected chi connectivity index (χ0v) is 14.7. The maximum atomic E-state index is 5.47. The Balaban J connectivity index is 1.79. The molecule has 4 rings (SSSR count). The summed E-state index contributed by atoms with van der Waals surface area (Å²) in [4.78, 5) is 11.0. The summed E-state index contributed by atoms with van der Waals surface area (Å²) in [6, 6.07) is 4.25. The maximum Gasteiger partial charge on any atom is 0.183 e. The van der Waals surface area contributed by atoms with Gasteiger partial charge in [0.1, 0.15) is 6.33 Å². The van der Waals surface area contributed by atoms with Crippen LogP contribution in [-0.4, -0.2) is 45.7 Å². The number of ether oxygens (including phenoxy) is 2. The predicted molar refractivity (Wildman–Crippen MR) is 93.1 cm³/mol. The van der Waals surface area contributed by atoms with Crippen LogP contribution in [0.3, 0.4) is 0 Å². The van der Waals surface area contributed by atoms with E-state index in [1.165, 1.54) is 11.1 Å². The first-order chi connectivity index (χ1) is 12.1. The van der Waals surface area contributed by atoms with Gasteiger partial charge in [-0.1, -0.05) is 5.21 Å². The number of anilines is 1. The molecule has 1 aliphatic heterocycles. The van der Waals surface area contributed by atoms with E-state index in [1.54, 1.807) is 25.2 Å². The Hall–Kier alpha value is -2.90. The second-order valence-corrected chi connectivity index (χ2v) is 6.11. The molecule has 0 spiro atoms. The highest BCUT2D eigenvalue weighted by Crippen LogP contribution is 2.40. The van der Waals surface area contributed by atoms with Gasteiger partial charge in [-0.2, -0.15) is 0 Å². The van der Waals surface area contributed by atoms with Crippen LogP contribution in [0.25, 0.3) is 11.2 Å². The van der Waals surface area contributed by atoms with E-state index in [4.69, 9.17) is 9.47 Å². The van der Waals surface area contributed by atoms with Crippen molar-refractivity contribution < 1.29 is 9.47 Å². The minimum absolute atomic E-state index is 0.128. The Morgan fingerprint density at radius 2 is 1.88 bits per heavy atom. The summed E-state index contributed by atoms with van der Waals surface area (Å²) in [5.41, 5.74) is 3.93. The summed E-state index contributed by atoms with van der Waals surface area (Å²) in [5, 5.41) is 8.32. The summed E-state index contributed by atoms with van der Waals surface area (Å²) in [6.07, 6.45) is 2.46. The molecular formula is C17H20N6O2. The minimum Gasteiger partial charge on any atom is -0.493 e. The Bertz CT molecular complexity index is 938. The van der Waals surface area contributed by atoms with Crippen LogP contribution in [-0.2, 0) is 13.5 Å². The van der Waals surface area contributed by atoms with Gasteiger partial charge in [-0.25, -0.2) is 14.6 Å². The lowest BCUT2D eigenvalue weighted by Crippen LogP contribution is -2.34. The predicted octanol–water partition coefficient (Wildman–Crippen LogP) is 1.90. The molecule has 0 fully saturated rings. The first kappa shape index (κ1) is 15.6. The molecule has 8 nitrogen and oxygen atoms in total. The van der Waals surface area contributed by atoms with Gasteiger partial charge in [-0.15, -0.1) is 5.10 Å². The van der Waals surface area contributed by atoms with Crippen LogP contribution in [0.4, 0.5) is 5.82 Å². The molecule has 8 heteroatoms. The molecular weight excluding hydrogens is 320 g/mol. The zero-order valence-electron chi connectivity index (χ0n) is 14.7. The van der Waals surface area contributed by atoms with E-state index in [0.717, 1.165) is 41.4 Å². The van der Waals surface area contributed by atoms with Gasteiger partial charge in [0.05, 0.1) is 20.3 Å². The van der Waals surface area contributed by atoms with Gasteiger partial charge in [0.2, 0.25) is 0 Å². The highest BCUT2D eigenvalue weighted by molar-refractivity contribution is 5.83. The normalized spacial score (nSPS) is 16.8. The van der Waals surface area contributed by atoms with E-state index >= 15 is 0 Å². The first-order valence-electron chi connectivity index (χ1n) is 8.16. The van der Waals surface area contributed by atoms with Crippen LogP contribution >= 0.6 is 0 Å². The number of benzene rings is 1. The Morgan fingerprint density at radius 1 is 1.12 bits per heavy atom. The summed E-state index contributed by atoms with van der Waals surface area (Å²) in [5.74, 6) is 2.31. The van der Waals surface area contributed by atoms with Gasteiger partial charge in [0, 0.05) is 13.6 Å². The number of fused-ring (bicyclic) bond motifs is 2. The number of methoxy groups -OCH3 is 2. The molecule has 0 N–H and O–H groups in total. The van der Waals surface area contributed by atoms with Gasteiger partial charge in [0.25, 0.3) is 0 Å². The molecule has 0 saturated heterocycles. The molecule has 1 atom stereocenters. The summed E-state index contributed by atoms with van der Waals surface area (Å²) >= 11 is 0. The molecule has 130 valence electrons. The highest BCUT2D eigenvalue weighted by atomic mass is 16.5. The van der Waals surface area contributed by atoms with Gasteiger partial charge >= 0.3 is 0 Å². The summed E-state index contributed by atoms with van der Waals surface area (Å²) < 4.78 is 12.6. The van der Waals surface area contributed by atoms with Crippen molar-refractivity contribution in [3.63, 3.8) is 0 Å². The van der Waals surface area contributed by atoms with E-state index < -0.39 is 0 Å². The standard InChI is InChI=1S/C17H20N6O2/c1-10-12-8-14(25-4)13(24-3)7-11(12)5-6-23(10)17-15-16(18-9-19-17)22(2)21-20-15/h7-10H,5-6H2,1-4H3/t10-/m0/s1. The fourth-order valence-corrected chi connectivity index (χ4v) is 3.49. The number of aromatic nitrogens is 5. The number of rotatable bonds is 3. The van der Waals surface area contributed by atoms with Crippen LogP contribution in [0, 0.1) is 0 Å². The number of hydrogen-bond donors (Lipinski definition) is 0. The van der Waals surface area contributed by atoms with Crippen LogP contribution < -0.4 is 14.4 Å². The van der Waals surface area contributed by atoms with Gasteiger partial charge in [0.15, 0.2) is 28.5 Å². The van der Waals surface area contributed by atoms with E-state index in [-0.39, 0.29) is 6.04 Å². The Labute approximate surface area is 145 Å². The Morgan fingerprint density at radius 3 is 2.64 bits per heavy atom. The minimum atomic E-state index is 0.128. The lowest BCUT2D eigenvalue weighted by atomic mass is 9.92. The highest BCUT2D eigenvalue weighted by Gasteiger charge is 2.29. The molecule has 0 unspecified atom stereocenters. The second kappa shape index (κ2) is 5.87. The molecule has 0 radical (unpaired) electrons. The van der Waals surface area contributed by atoms with Crippen LogP contribution in [0.2, 0.25) is 0 Å². The van der Waals surface area contributed by atoms with Crippen LogP contribution in [0.15, 0.2) is 18.5 Å². The monoisotopic (exact) mass is 340 g/mol. The van der Waals surface area contributed by atoms with Crippen molar-refractivity contribution in [1.29, 1.82) is 0 Å². The van der Waals surface area contributed by atoms with Crippen LogP contribution in [0.1, 0.15) is 24.1 Å². The van der Waals surface area contributed by atoms with E-state index in [9.17, 15) is 0 Å². The van der Waals surface area contributed by atoms with E-state index in [0.29, 0.717) is 0 Å². The third kappa shape index (κ3) is 2.36. The molecule has 0 amide bonds. The molecule has 1 aromatic carbocycles. The van der Waals surface area contributed by atoms with Crippen molar-refractivity contribution >= 4 is 17.0 Å². The molecule has 0 saturated carbocycles. The SMILES string of the molecule is COc1cc2c(cc1OC)[C@H](C)N(c1ncnc3c1nnn3C)CC2. The van der Waals surface area contributed by atoms with Crippen molar-refractivity contribution in [2.75, 3.05) is 25.7 Å². The number of aryl methyl sites for hydroxylation is 1. The zero-order chi connectivity index (χ0) is 17.6. The number of nitrogens with zero attached hydrogens (tertiary/aromatic N) is 6. The van der Waals surface area contributed by atoms with E-state index in [1.807, 2.05) is 7.05 Å². The molecule has 25 heavy (non-hydrogen) atoms. The maximum absolute atomic E-state index is 5.47. The molecule has 3 aromatic rings. The molecule has 0 aliphatic carbocycles. The largest absolute Gasteiger partial charge is 0.493 e. The van der Waals surface area contributed by atoms with Gasteiger partial charge in [-0.05, 0) is 36.6 Å². The fourth-order valence-electron chi connectivity index (χ4n) is 3.49. The van der Waals surface area contributed by atoms with Crippen molar-refractivity contribution in [3.05, 3.63) is 29.6 Å². The lowest BCUT2D eigenvalue weighted by molar-refractivity contribution is 0.353. The molecule has 3 heterocycles. The fraction of sp³-hybridized carbons (Fsp3) is 0.412. The third-order valence-electron chi connectivity index (χ3n) is 4.83. The van der Waals surface area contributed by atoms with Crippen LogP contribution in [0.5, 0.6) is 11.5 Å². The third-order valence-corrected chi connectivity index (χ3v) is 4.83. The number of hydrogen-bond acceptors (Lipinski definition) is 7. The average Bonchev–Trinajstić information content (AvgIpc) is 3.02. The quantitative estimate of drug-likeness (QED) is 0.720. The average molecular weight is 340 g/mol. The summed E-state index contributed by atoms with van der Waals surface area (Å²) in [7, 11) is 5.15. The molecule has 0 bridgehead atoms. The Kier molecular flexibility index (Phi) is 3.67. The van der Waals surface area contributed by atoms with Crippen molar-refractivity contribution in [1.82, 2.24) is 25.0 Å². The lowest BCUT2D eigenvalue weighted by Gasteiger charge is -2.36. The van der Waals surface area contributed by atoms with E-state index in [2.05, 4.69) is 44.2 Å². The van der Waals surface area contributed by atoms with Crippen molar-refractivity contribution in [2.24, 2.45) is 7.05 Å². The topological polar surface area (TPSA) is 78.2 Å². The van der Waals surface area contributed by atoms with Crippen molar-refractivity contribution in [3.8, 4) is 11.5 Å². The first-order valence-corrected chi connectivity index (χ1v) is 8.16. The van der Waals surface area contributed by atoms with Gasteiger partial charge < -0.3 is 14.4 Å². The molecule has 1 aliphatic rings. The molecule has 2 aromatic heterocycles. The van der Waals surface area contributed by atoms with Gasteiger partial charge in [-0.3, -0.25) is 0 Å².